The Bertz CT molecular complexity index is 737. The van der Waals surface area contributed by atoms with Gasteiger partial charge in [0.2, 0.25) is 0 Å². The summed E-state index contributed by atoms with van der Waals surface area (Å²) in [6, 6.07) is 6.05. The quantitative estimate of drug-likeness (QED) is 0.877. The molecule has 1 aliphatic heterocycles. The molecule has 0 spiro atoms. The number of hydrogen-bond acceptors (Lipinski definition) is 4. The molecule has 1 aliphatic rings. The van der Waals surface area contributed by atoms with Gasteiger partial charge < -0.3 is 9.84 Å². The molecule has 1 N–H and O–H groups in total. The molecule has 24 heavy (non-hydrogen) atoms. The van der Waals surface area contributed by atoms with Crippen LogP contribution in [-0.4, -0.2) is 39.4 Å². The molecular weight excluding hydrogens is 302 g/mol. The van der Waals surface area contributed by atoms with Crippen LogP contribution in [0.15, 0.2) is 24.4 Å². The highest BCUT2D eigenvalue weighted by atomic mass is 16.5. The molecule has 2 aromatic rings. The molecule has 0 radical (unpaired) electrons. The summed E-state index contributed by atoms with van der Waals surface area (Å²) in [4.78, 5) is 0. The van der Waals surface area contributed by atoms with Crippen LogP contribution in [0.3, 0.4) is 0 Å². The fourth-order valence-corrected chi connectivity index (χ4v) is 3.03. The molecule has 5 heteroatoms. The number of rotatable bonds is 4. The second-order valence-electron chi connectivity index (χ2n) is 6.00. The Labute approximate surface area is 142 Å². The van der Waals surface area contributed by atoms with Gasteiger partial charge in [-0.1, -0.05) is 30.0 Å². The zero-order chi connectivity index (χ0) is 16.8. The summed E-state index contributed by atoms with van der Waals surface area (Å²) in [5, 5.41) is 17.4. The summed E-state index contributed by atoms with van der Waals surface area (Å²) >= 11 is 0. The fourth-order valence-electron chi connectivity index (χ4n) is 3.03. The second-order valence-corrected chi connectivity index (χ2v) is 6.00. The van der Waals surface area contributed by atoms with Gasteiger partial charge in [0.1, 0.15) is 12.3 Å². The van der Waals surface area contributed by atoms with Crippen molar-refractivity contribution in [3.05, 3.63) is 35.5 Å². The van der Waals surface area contributed by atoms with Gasteiger partial charge in [-0.2, -0.15) is 0 Å². The topological polar surface area (TPSA) is 60.2 Å². The van der Waals surface area contributed by atoms with E-state index in [0.29, 0.717) is 0 Å². The Morgan fingerprint density at radius 2 is 2.29 bits per heavy atom. The molecule has 1 saturated heterocycles. The lowest BCUT2D eigenvalue weighted by molar-refractivity contribution is 0.00370. The fraction of sp³-hybridized carbons (Fsp3) is 0.474. The van der Waals surface area contributed by atoms with E-state index >= 15 is 0 Å². The molecule has 3 rings (SSSR count). The van der Waals surface area contributed by atoms with Crippen molar-refractivity contribution in [3.63, 3.8) is 0 Å². The Hall–Kier alpha value is -2.16. The Kier molecular flexibility index (Phi) is 5.63. The van der Waals surface area contributed by atoms with Crippen molar-refractivity contribution in [1.29, 1.82) is 0 Å². The number of aromatic nitrogens is 3. The summed E-state index contributed by atoms with van der Waals surface area (Å²) in [5.41, 5.74) is 4.06. The maximum absolute atomic E-state index is 8.82. The van der Waals surface area contributed by atoms with Crippen LogP contribution >= 0.6 is 0 Å². The number of aliphatic hydroxyl groups excluding tert-OH is 1. The van der Waals surface area contributed by atoms with E-state index in [4.69, 9.17) is 9.84 Å². The normalized spacial score (nSPS) is 17.3. The SMILES string of the molecule is CCc1cc(C#CCO)ccc1-c1cn(CC2CCCCO2)nn1. The number of ether oxygens (including phenoxy) is 1. The standard InChI is InChI=1S/C19H23N3O2/c1-2-16-12-15(6-5-10-23)8-9-18(16)19-14-22(21-20-19)13-17-7-3-4-11-24-17/h8-9,12,14,17,23H,2-4,7,10-11,13H2,1H3. The van der Waals surface area contributed by atoms with Gasteiger partial charge in [0.25, 0.3) is 0 Å². The largest absolute Gasteiger partial charge is 0.384 e. The molecule has 1 aromatic heterocycles. The first kappa shape index (κ1) is 16.7. The van der Waals surface area contributed by atoms with Crippen molar-refractivity contribution in [3.8, 4) is 23.1 Å². The highest BCUT2D eigenvalue weighted by Crippen LogP contribution is 2.24. The summed E-state index contributed by atoms with van der Waals surface area (Å²) in [5.74, 6) is 5.63. The first-order chi connectivity index (χ1) is 11.8. The first-order valence-electron chi connectivity index (χ1n) is 8.55. The number of benzene rings is 1. The van der Waals surface area contributed by atoms with Crippen LogP contribution in [0.25, 0.3) is 11.3 Å². The molecule has 0 amide bonds. The van der Waals surface area contributed by atoms with Gasteiger partial charge in [-0.05, 0) is 43.4 Å². The predicted octanol–water partition coefficient (Wildman–Crippen LogP) is 2.42. The second kappa shape index (κ2) is 8.09. The number of nitrogens with zero attached hydrogens (tertiary/aromatic N) is 3. The minimum atomic E-state index is -0.124. The van der Waals surface area contributed by atoms with E-state index in [1.54, 1.807) is 0 Å². The Morgan fingerprint density at radius 3 is 3.04 bits per heavy atom. The lowest BCUT2D eigenvalue weighted by atomic mass is 10.00. The van der Waals surface area contributed by atoms with Crippen LogP contribution in [0.5, 0.6) is 0 Å². The lowest BCUT2D eigenvalue weighted by Crippen LogP contribution is -2.24. The maximum atomic E-state index is 8.82. The first-order valence-corrected chi connectivity index (χ1v) is 8.55. The number of aliphatic hydroxyl groups is 1. The van der Waals surface area contributed by atoms with Gasteiger partial charge in [0.05, 0.1) is 18.8 Å². The van der Waals surface area contributed by atoms with Crippen molar-refractivity contribution in [2.45, 2.75) is 45.3 Å². The van der Waals surface area contributed by atoms with Crippen LogP contribution in [0.4, 0.5) is 0 Å². The van der Waals surface area contributed by atoms with Crippen molar-refractivity contribution in [2.75, 3.05) is 13.2 Å². The average molecular weight is 325 g/mol. The van der Waals surface area contributed by atoms with Crippen LogP contribution in [0.1, 0.15) is 37.3 Å². The minimum Gasteiger partial charge on any atom is -0.384 e. The van der Waals surface area contributed by atoms with Crippen LogP contribution < -0.4 is 0 Å². The van der Waals surface area contributed by atoms with E-state index in [1.807, 2.05) is 23.0 Å². The van der Waals surface area contributed by atoms with E-state index < -0.39 is 0 Å². The van der Waals surface area contributed by atoms with Crippen LogP contribution in [0, 0.1) is 11.8 Å². The third-order valence-corrected chi connectivity index (χ3v) is 4.28. The molecule has 1 unspecified atom stereocenters. The summed E-state index contributed by atoms with van der Waals surface area (Å²) in [6.45, 7) is 3.60. The zero-order valence-corrected chi connectivity index (χ0v) is 14.0. The third-order valence-electron chi connectivity index (χ3n) is 4.28. The molecular formula is C19H23N3O2. The molecule has 1 aromatic carbocycles. The van der Waals surface area contributed by atoms with E-state index in [0.717, 1.165) is 49.2 Å². The van der Waals surface area contributed by atoms with Gasteiger partial charge in [-0.25, -0.2) is 4.68 Å². The Balaban J connectivity index is 1.78. The van der Waals surface area contributed by atoms with E-state index in [2.05, 4.69) is 35.1 Å². The van der Waals surface area contributed by atoms with Gasteiger partial charge in [0, 0.05) is 17.7 Å². The average Bonchev–Trinajstić information content (AvgIpc) is 3.08. The molecule has 126 valence electrons. The third kappa shape index (κ3) is 4.02. The van der Waals surface area contributed by atoms with Crippen molar-refractivity contribution in [2.24, 2.45) is 0 Å². The molecule has 1 fully saturated rings. The van der Waals surface area contributed by atoms with Gasteiger partial charge in [0.15, 0.2) is 0 Å². The highest BCUT2D eigenvalue weighted by molar-refractivity contribution is 5.64. The van der Waals surface area contributed by atoms with Gasteiger partial charge in [-0.3, -0.25) is 0 Å². The van der Waals surface area contributed by atoms with E-state index in [-0.39, 0.29) is 12.7 Å². The smallest absolute Gasteiger partial charge is 0.113 e. The molecule has 1 atom stereocenters. The van der Waals surface area contributed by atoms with E-state index in [1.165, 1.54) is 12.0 Å². The molecule has 0 saturated carbocycles. The number of hydrogen-bond donors (Lipinski definition) is 1. The van der Waals surface area contributed by atoms with Crippen LogP contribution in [-0.2, 0) is 17.7 Å². The molecule has 2 heterocycles. The van der Waals surface area contributed by atoms with Crippen molar-refractivity contribution >= 4 is 0 Å². The number of aryl methyl sites for hydroxylation is 1. The van der Waals surface area contributed by atoms with E-state index in [9.17, 15) is 0 Å². The predicted molar refractivity (Wildman–Crippen MR) is 92.4 cm³/mol. The van der Waals surface area contributed by atoms with Gasteiger partial charge in [-0.15, -0.1) is 5.10 Å². The van der Waals surface area contributed by atoms with Crippen LogP contribution in [0.2, 0.25) is 0 Å². The monoisotopic (exact) mass is 325 g/mol. The Morgan fingerprint density at radius 1 is 1.38 bits per heavy atom. The van der Waals surface area contributed by atoms with Crippen molar-refractivity contribution in [1.82, 2.24) is 15.0 Å². The molecule has 0 bridgehead atoms. The molecule has 5 nitrogen and oxygen atoms in total. The summed E-state index contributed by atoms with van der Waals surface area (Å²) in [6.07, 6.45) is 6.60. The molecule has 0 aliphatic carbocycles. The lowest BCUT2D eigenvalue weighted by Gasteiger charge is -2.21. The highest BCUT2D eigenvalue weighted by Gasteiger charge is 2.16. The minimum absolute atomic E-state index is 0.124. The summed E-state index contributed by atoms with van der Waals surface area (Å²) in [7, 11) is 0. The van der Waals surface area contributed by atoms with Gasteiger partial charge >= 0.3 is 0 Å². The maximum Gasteiger partial charge on any atom is 0.113 e. The zero-order valence-electron chi connectivity index (χ0n) is 14.0. The summed E-state index contributed by atoms with van der Waals surface area (Å²) < 4.78 is 7.65. The van der Waals surface area contributed by atoms with Crippen molar-refractivity contribution < 1.29 is 9.84 Å².